The molecule has 1 saturated carbocycles. The first-order valence-corrected chi connectivity index (χ1v) is 10.4. The molecule has 1 aromatic carbocycles. The van der Waals surface area contributed by atoms with Crippen LogP contribution in [0.3, 0.4) is 0 Å². The summed E-state index contributed by atoms with van der Waals surface area (Å²) in [6.07, 6.45) is 9.28. The van der Waals surface area contributed by atoms with Crippen LogP contribution in [-0.2, 0) is 10.2 Å². The molecule has 1 atom stereocenters. The van der Waals surface area contributed by atoms with Crippen LogP contribution < -0.4 is 0 Å². The summed E-state index contributed by atoms with van der Waals surface area (Å²) in [5.41, 5.74) is 1.61. The molecule has 0 radical (unpaired) electrons. The van der Waals surface area contributed by atoms with Gasteiger partial charge in [-0.15, -0.1) is 0 Å². The van der Waals surface area contributed by atoms with Gasteiger partial charge in [0.1, 0.15) is 6.04 Å². The lowest BCUT2D eigenvalue weighted by atomic mass is 9.93. The van der Waals surface area contributed by atoms with Gasteiger partial charge in [0.25, 0.3) is 0 Å². The molecular weight excluding hydrogens is 364 g/mol. The maximum atomic E-state index is 13.7. The number of aromatic nitrogens is 3. The van der Waals surface area contributed by atoms with Crippen molar-refractivity contribution in [2.24, 2.45) is 0 Å². The first kappa shape index (κ1) is 18.0. The van der Waals surface area contributed by atoms with E-state index in [2.05, 4.69) is 27.3 Å². The van der Waals surface area contributed by atoms with Crippen LogP contribution in [-0.4, -0.2) is 32.5 Å². The maximum Gasteiger partial charge on any atom is 0.249 e. The Balaban J connectivity index is 1.46. The first-order chi connectivity index (χ1) is 14.3. The Morgan fingerprint density at radius 1 is 1.03 bits per heavy atom. The van der Waals surface area contributed by atoms with Crippen molar-refractivity contribution in [2.75, 3.05) is 6.54 Å². The van der Waals surface area contributed by atoms with Gasteiger partial charge < -0.3 is 9.42 Å². The zero-order valence-electron chi connectivity index (χ0n) is 16.3. The van der Waals surface area contributed by atoms with Gasteiger partial charge in [0.2, 0.25) is 17.6 Å². The Labute approximate surface area is 170 Å². The van der Waals surface area contributed by atoms with Crippen LogP contribution >= 0.6 is 0 Å². The second kappa shape index (κ2) is 7.43. The number of amides is 1. The average Bonchev–Trinajstić information content (AvgIpc) is 3.51. The van der Waals surface area contributed by atoms with Crippen LogP contribution in [0, 0.1) is 0 Å². The summed E-state index contributed by atoms with van der Waals surface area (Å²) < 4.78 is 5.66. The van der Waals surface area contributed by atoms with E-state index in [4.69, 9.17) is 4.52 Å². The molecule has 2 aromatic heterocycles. The quantitative estimate of drug-likeness (QED) is 0.666. The van der Waals surface area contributed by atoms with E-state index in [1.165, 1.54) is 0 Å². The van der Waals surface area contributed by atoms with Gasteiger partial charge in [0.05, 0.1) is 5.41 Å². The highest BCUT2D eigenvalue weighted by atomic mass is 16.5. The van der Waals surface area contributed by atoms with E-state index in [0.29, 0.717) is 11.7 Å². The molecule has 1 amide bonds. The second-order valence-corrected chi connectivity index (χ2v) is 8.00. The predicted molar refractivity (Wildman–Crippen MR) is 108 cm³/mol. The van der Waals surface area contributed by atoms with Gasteiger partial charge in [-0.05, 0) is 43.4 Å². The molecule has 5 rings (SSSR count). The fraction of sp³-hybridized carbons (Fsp3) is 0.391. The lowest BCUT2D eigenvalue weighted by Gasteiger charge is -2.31. The summed E-state index contributed by atoms with van der Waals surface area (Å²) in [6.45, 7) is 0.741. The van der Waals surface area contributed by atoms with Crippen molar-refractivity contribution in [1.82, 2.24) is 20.0 Å². The minimum atomic E-state index is -0.377. The molecule has 3 aromatic rings. The number of benzene rings is 1. The Morgan fingerprint density at radius 3 is 2.59 bits per heavy atom. The van der Waals surface area contributed by atoms with Crippen LogP contribution in [0.1, 0.15) is 56.0 Å². The van der Waals surface area contributed by atoms with Crippen molar-refractivity contribution in [1.29, 1.82) is 0 Å². The number of hydrogen-bond acceptors (Lipinski definition) is 5. The van der Waals surface area contributed by atoms with Crippen LogP contribution in [0.25, 0.3) is 11.4 Å². The molecule has 2 fully saturated rings. The van der Waals surface area contributed by atoms with E-state index in [-0.39, 0.29) is 17.4 Å². The highest BCUT2D eigenvalue weighted by molar-refractivity contribution is 5.91. The highest BCUT2D eigenvalue weighted by Gasteiger charge is 2.54. The molecule has 148 valence electrons. The van der Waals surface area contributed by atoms with Gasteiger partial charge in [0.15, 0.2) is 0 Å². The minimum absolute atomic E-state index is 0.158. The molecule has 3 heterocycles. The van der Waals surface area contributed by atoms with Crippen LogP contribution in [0.15, 0.2) is 59.4 Å². The number of carbonyl (C=O) groups is 1. The molecule has 1 saturated heterocycles. The van der Waals surface area contributed by atoms with Crippen LogP contribution in [0.2, 0.25) is 0 Å². The molecule has 2 aliphatic rings. The molecule has 0 N–H and O–H groups in total. The lowest BCUT2D eigenvalue weighted by Crippen LogP contribution is -2.41. The van der Waals surface area contributed by atoms with Gasteiger partial charge in [-0.1, -0.05) is 48.3 Å². The monoisotopic (exact) mass is 388 g/mol. The van der Waals surface area contributed by atoms with Crippen molar-refractivity contribution in [2.45, 2.75) is 50.0 Å². The van der Waals surface area contributed by atoms with E-state index in [9.17, 15) is 4.79 Å². The smallest absolute Gasteiger partial charge is 0.249 e. The number of hydrogen-bond donors (Lipinski definition) is 0. The SMILES string of the molecule is O=C(N1CCCCCC1c1nc(-c2ccncc2)no1)C1(c2ccccc2)CC1. The van der Waals surface area contributed by atoms with Crippen LogP contribution in [0.5, 0.6) is 0 Å². The third-order valence-electron chi connectivity index (χ3n) is 6.16. The van der Waals surface area contributed by atoms with Crippen LogP contribution in [0.4, 0.5) is 0 Å². The molecule has 0 spiro atoms. The highest BCUT2D eigenvalue weighted by Crippen LogP contribution is 2.51. The van der Waals surface area contributed by atoms with Gasteiger partial charge >= 0.3 is 0 Å². The largest absolute Gasteiger partial charge is 0.337 e. The Bertz CT molecular complexity index is 982. The molecular formula is C23H24N4O2. The zero-order chi connectivity index (χ0) is 19.7. The van der Waals surface area contributed by atoms with Crippen molar-refractivity contribution in [3.63, 3.8) is 0 Å². The van der Waals surface area contributed by atoms with Crippen molar-refractivity contribution in [3.05, 3.63) is 66.3 Å². The maximum absolute atomic E-state index is 13.7. The van der Waals surface area contributed by atoms with Gasteiger partial charge in [-0.3, -0.25) is 9.78 Å². The molecule has 29 heavy (non-hydrogen) atoms. The fourth-order valence-corrected chi connectivity index (χ4v) is 4.38. The second-order valence-electron chi connectivity index (χ2n) is 8.00. The lowest BCUT2D eigenvalue weighted by molar-refractivity contribution is -0.137. The van der Waals surface area contributed by atoms with Crippen molar-refractivity contribution in [3.8, 4) is 11.4 Å². The van der Waals surface area contributed by atoms with Gasteiger partial charge in [-0.25, -0.2) is 0 Å². The number of pyridine rings is 1. The number of nitrogens with zero attached hydrogens (tertiary/aromatic N) is 4. The Hall–Kier alpha value is -3.02. The fourth-order valence-electron chi connectivity index (χ4n) is 4.38. The number of carbonyl (C=O) groups excluding carboxylic acids is 1. The van der Waals surface area contributed by atoms with Crippen molar-refractivity contribution < 1.29 is 9.32 Å². The summed E-state index contributed by atoms with van der Waals surface area (Å²) in [5, 5.41) is 4.17. The average molecular weight is 388 g/mol. The zero-order valence-corrected chi connectivity index (χ0v) is 16.3. The summed E-state index contributed by atoms with van der Waals surface area (Å²) >= 11 is 0. The summed E-state index contributed by atoms with van der Waals surface area (Å²) in [6, 6.07) is 13.7. The summed E-state index contributed by atoms with van der Waals surface area (Å²) in [5.74, 6) is 1.29. The van der Waals surface area contributed by atoms with Gasteiger partial charge in [0, 0.05) is 24.5 Å². The molecule has 6 heteroatoms. The molecule has 1 unspecified atom stereocenters. The Kier molecular flexibility index (Phi) is 4.62. The van der Waals surface area contributed by atoms with E-state index in [0.717, 1.165) is 56.2 Å². The molecule has 6 nitrogen and oxygen atoms in total. The van der Waals surface area contributed by atoms with Crippen molar-refractivity contribution >= 4 is 5.91 Å². The first-order valence-electron chi connectivity index (χ1n) is 10.4. The van der Waals surface area contributed by atoms with E-state index >= 15 is 0 Å². The number of likely N-dealkylation sites (tertiary alicyclic amines) is 1. The Morgan fingerprint density at radius 2 is 1.83 bits per heavy atom. The third-order valence-corrected chi connectivity index (χ3v) is 6.16. The van der Waals surface area contributed by atoms with E-state index < -0.39 is 0 Å². The van der Waals surface area contributed by atoms with E-state index in [1.54, 1.807) is 12.4 Å². The summed E-state index contributed by atoms with van der Waals surface area (Å²) in [4.78, 5) is 24.4. The number of rotatable bonds is 4. The molecule has 1 aliphatic heterocycles. The minimum Gasteiger partial charge on any atom is -0.337 e. The normalized spacial score (nSPS) is 20.8. The van der Waals surface area contributed by atoms with Gasteiger partial charge in [-0.2, -0.15) is 4.98 Å². The third kappa shape index (κ3) is 3.33. The topological polar surface area (TPSA) is 72.1 Å². The van der Waals surface area contributed by atoms with E-state index in [1.807, 2.05) is 35.2 Å². The molecule has 1 aliphatic carbocycles. The standard InChI is InChI=1S/C23H24N4O2/c28-22(23(12-13-23)18-7-3-1-4-8-18)27-16-6-2-5-9-19(27)21-25-20(26-29-21)17-10-14-24-15-11-17/h1,3-4,7-8,10-11,14-15,19H,2,5-6,9,12-13,16H2. The summed E-state index contributed by atoms with van der Waals surface area (Å²) in [7, 11) is 0. The molecule has 0 bridgehead atoms. The predicted octanol–water partition coefficient (Wildman–Crippen LogP) is 4.31.